The summed E-state index contributed by atoms with van der Waals surface area (Å²) in [6.07, 6.45) is 2.16. The standard InChI is InChI=1S/C41H28Cl4N2/c42-32-18-10-27(11-19-32)26-37(28-12-20-33(43)21-13-28)40(30-16-24-35(45)25-17-30)39(29-14-22-34(44)23-15-29)36-8-4-5-9-38(36)47-41(46)31-6-2-1-3-7-31/h1-26H,(H2,46,47)/b37-26?,40-39-. The Morgan fingerprint density at radius 1 is 0.468 bits per heavy atom. The van der Waals surface area contributed by atoms with E-state index in [1.165, 1.54) is 0 Å². The molecular weight excluding hydrogens is 662 g/mol. The van der Waals surface area contributed by atoms with Crippen LogP contribution in [0, 0.1) is 0 Å². The molecule has 2 nitrogen and oxygen atoms in total. The molecule has 0 aliphatic carbocycles. The first kappa shape index (κ1) is 32.4. The Morgan fingerprint density at radius 2 is 0.936 bits per heavy atom. The van der Waals surface area contributed by atoms with Gasteiger partial charge in [-0.05, 0) is 99.6 Å². The number of hydrogen-bond acceptors (Lipinski definition) is 1. The number of amidine groups is 1. The van der Waals surface area contributed by atoms with Gasteiger partial charge in [0.2, 0.25) is 0 Å². The molecule has 6 aromatic rings. The van der Waals surface area contributed by atoms with E-state index in [2.05, 4.69) is 12.1 Å². The number of rotatable bonds is 8. The lowest BCUT2D eigenvalue weighted by Gasteiger charge is -2.22. The van der Waals surface area contributed by atoms with Crippen molar-refractivity contribution in [1.82, 2.24) is 0 Å². The van der Waals surface area contributed by atoms with E-state index in [0.717, 1.165) is 50.1 Å². The van der Waals surface area contributed by atoms with Gasteiger partial charge < -0.3 is 5.73 Å². The van der Waals surface area contributed by atoms with E-state index in [9.17, 15) is 0 Å². The molecule has 0 saturated heterocycles. The molecule has 0 fully saturated rings. The fourth-order valence-corrected chi connectivity index (χ4v) is 5.85. The third kappa shape index (κ3) is 7.88. The molecule has 0 aliphatic rings. The van der Waals surface area contributed by atoms with Gasteiger partial charge in [-0.25, -0.2) is 4.99 Å². The molecule has 230 valence electrons. The van der Waals surface area contributed by atoms with Gasteiger partial charge in [-0.2, -0.15) is 0 Å². The normalized spacial score (nSPS) is 12.5. The fourth-order valence-electron chi connectivity index (χ4n) is 5.34. The van der Waals surface area contributed by atoms with Gasteiger partial charge in [-0.15, -0.1) is 0 Å². The van der Waals surface area contributed by atoms with E-state index in [1.807, 2.05) is 146 Å². The summed E-state index contributed by atoms with van der Waals surface area (Å²) in [6, 6.07) is 49.1. The largest absolute Gasteiger partial charge is 0.383 e. The highest BCUT2D eigenvalue weighted by atomic mass is 35.5. The van der Waals surface area contributed by atoms with Gasteiger partial charge in [-0.3, -0.25) is 0 Å². The predicted molar refractivity (Wildman–Crippen MR) is 203 cm³/mol. The first-order chi connectivity index (χ1) is 22.9. The molecule has 0 heterocycles. The van der Waals surface area contributed by atoms with Crippen LogP contribution in [-0.4, -0.2) is 5.84 Å². The average Bonchev–Trinajstić information content (AvgIpc) is 3.09. The summed E-state index contributed by atoms with van der Waals surface area (Å²) in [7, 11) is 0. The smallest absolute Gasteiger partial charge is 0.131 e. The summed E-state index contributed by atoms with van der Waals surface area (Å²) in [5.74, 6) is 0.413. The van der Waals surface area contributed by atoms with Gasteiger partial charge in [0.25, 0.3) is 0 Å². The zero-order valence-corrected chi connectivity index (χ0v) is 28.1. The zero-order chi connectivity index (χ0) is 32.8. The molecule has 6 heteroatoms. The molecule has 2 N–H and O–H groups in total. The zero-order valence-electron chi connectivity index (χ0n) is 25.0. The van der Waals surface area contributed by atoms with Crippen molar-refractivity contribution in [2.24, 2.45) is 10.7 Å². The molecule has 0 saturated carbocycles. The highest BCUT2D eigenvalue weighted by Crippen LogP contribution is 2.45. The second kappa shape index (κ2) is 14.9. The molecule has 0 aromatic heterocycles. The van der Waals surface area contributed by atoms with Gasteiger partial charge in [0, 0.05) is 31.2 Å². The maximum Gasteiger partial charge on any atom is 0.131 e. The van der Waals surface area contributed by atoms with Gasteiger partial charge in [-0.1, -0.05) is 143 Å². The number of hydrogen-bond donors (Lipinski definition) is 1. The highest BCUT2D eigenvalue weighted by molar-refractivity contribution is 6.32. The van der Waals surface area contributed by atoms with Crippen molar-refractivity contribution in [2.75, 3.05) is 0 Å². The maximum absolute atomic E-state index is 6.61. The van der Waals surface area contributed by atoms with Crippen molar-refractivity contribution in [3.05, 3.63) is 205 Å². The number of allylic oxidation sites excluding steroid dienone is 2. The summed E-state index contributed by atoms with van der Waals surface area (Å²) >= 11 is 25.6. The molecule has 6 aromatic carbocycles. The van der Waals surface area contributed by atoms with Crippen molar-refractivity contribution in [2.45, 2.75) is 0 Å². The van der Waals surface area contributed by atoms with Crippen molar-refractivity contribution in [3.63, 3.8) is 0 Å². The van der Waals surface area contributed by atoms with Crippen molar-refractivity contribution < 1.29 is 0 Å². The molecule has 0 unspecified atom stereocenters. The van der Waals surface area contributed by atoms with Crippen LogP contribution >= 0.6 is 46.4 Å². The van der Waals surface area contributed by atoms with Gasteiger partial charge in [0.15, 0.2) is 0 Å². The third-order valence-corrected chi connectivity index (χ3v) is 8.61. The number of nitrogens with two attached hydrogens (primary N) is 1. The topological polar surface area (TPSA) is 38.4 Å². The van der Waals surface area contributed by atoms with Crippen LogP contribution in [0.2, 0.25) is 20.1 Å². The number of halogens is 4. The first-order valence-electron chi connectivity index (χ1n) is 14.8. The Kier molecular flexibility index (Phi) is 10.3. The predicted octanol–water partition coefficient (Wildman–Crippen LogP) is 12.5. The first-order valence-corrected chi connectivity index (χ1v) is 16.4. The van der Waals surface area contributed by atoms with E-state index in [-0.39, 0.29) is 0 Å². The summed E-state index contributed by atoms with van der Waals surface area (Å²) < 4.78 is 0. The van der Waals surface area contributed by atoms with Crippen LogP contribution < -0.4 is 5.73 Å². The Morgan fingerprint density at radius 3 is 1.51 bits per heavy atom. The Hall–Kier alpha value is -4.57. The van der Waals surface area contributed by atoms with Crippen molar-refractivity contribution in [1.29, 1.82) is 0 Å². The summed E-state index contributed by atoms with van der Waals surface area (Å²) in [5, 5.41) is 2.57. The van der Waals surface area contributed by atoms with Gasteiger partial charge >= 0.3 is 0 Å². The van der Waals surface area contributed by atoms with E-state index >= 15 is 0 Å². The molecule has 0 aliphatic heterocycles. The number of nitrogens with zero attached hydrogens (tertiary/aromatic N) is 1. The van der Waals surface area contributed by atoms with Crippen LogP contribution in [0.5, 0.6) is 0 Å². The van der Waals surface area contributed by atoms with Crippen LogP contribution in [0.4, 0.5) is 5.69 Å². The lowest BCUT2D eigenvalue weighted by molar-refractivity contribution is 1.42. The molecule has 0 atom stereocenters. The number of para-hydroxylation sites is 1. The minimum Gasteiger partial charge on any atom is -0.383 e. The highest BCUT2D eigenvalue weighted by Gasteiger charge is 2.22. The van der Waals surface area contributed by atoms with Gasteiger partial charge in [0.1, 0.15) is 5.84 Å². The van der Waals surface area contributed by atoms with E-state index in [1.54, 1.807) is 0 Å². The molecule has 0 spiro atoms. The maximum atomic E-state index is 6.61. The van der Waals surface area contributed by atoms with E-state index < -0.39 is 0 Å². The molecule has 47 heavy (non-hydrogen) atoms. The Balaban J connectivity index is 1.74. The molecule has 0 bridgehead atoms. The van der Waals surface area contributed by atoms with Crippen molar-refractivity contribution in [3.8, 4) is 0 Å². The molecule has 0 amide bonds. The lowest BCUT2D eigenvalue weighted by Crippen LogP contribution is -2.12. The third-order valence-electron chi connectivity index (χ3n) is 7.61. The summed E-state index contributed by atoms with van der Waals surface area (Å²) in [6.45, 7) is 0. The lowest BCUT2D eigenvalue weighted by atomic mass is 9.82. The minimum absolute atomic E-state index is 0.413. The minimum atomic E-state index is 0.413. The molecule has 0 radical (unpaired) electrons. The Labute approximate surface area is 295 Å². The summed E-state index contributed by atoms with van der Waals surface area (Å²) in [4.78, 5) is 4.98. The average molecular weight is 691 g/mol. The second-order valence-electron chi connectivity index (χ2n) is 10.8. The Bertz CT molecular complexity index is 2080. The summed E-state index contributed by atoms with van der Waals surface area (Å²) in [5.41, 5.74) is 15.7. The second-order valence-corrected chi connectivity index (χ2v) is 12.5. The monoisotopic (exact) mass is 688 g/mol. The quantitative estimate of drug-likeness (QED) is 0.0734. The van der Waals surface area contributed by atoms with Gasteiger partial charge in [0.05, 0.1) is 5.69 Å². The van der Waals surface area contributed by atoms with Crippen LogP contribution in [0.15, 0.2) is 157 Å². The van der Waals surface area contributed by atoms with E-state index in [4.69, 9.17) is 57.1 Å². The van der Waals surface area contributed by atoms with Crippen LogP contribution in [0.25, 0.3) is 22.8 Å². The number of aliphatic imine (C=N–C) groups is 1. The van der Waals surface area contributed by atoms with Crippen LogP contribution in [-0.2, 0) is 0 Å². The van der Waals surface area contributed by atoms with Crippen LogP contribution in [0.1, 0.15) is 33.4 Å². The number of benzene rings is 6. The van der Waals surface area contributed by atoms with Crippen molar-refractivity contribution >= 4 is 80.7 Å². The molecular formula is C41H28Cl4N2. The fraction of sp³-hybridized carbons (Fsp3) is 0. The molecule has 6 rings (SSSR count). The SMILES string of the molecule is NC(=Nc1ccccc1/C(=C(\C(=Cc1ccc(Cl)cc1)c1ccc(Cl)cc1)c1ccc(Cl)cc1)c1ccc(Cl)cc1)c1ccccc1. The van der Waals surface area contributed by atoms with Crippen LogP contribution in [0.3, 0.4) is 0 Å². The van der Waals surface area contributed by atoms with E-state index in [0.29, 0.717) is 31.6 Å².